The van der Waals surface area contributed by atoms with Gasteiger partial charge >= 0.3 is 0 Å². The number of likely N-dealkylation sites (tertiary alicyclic amines) is 1. The molecule has 1 aliphatic rings. The third-order valence-electron chi connectivity index (χ3n) is 4.89. The summed E-state index contributed by atoms with van der Waals surface area (Å²) in [6.07, 6.45) is 4.48. The summed E-state index contributed by atoms with van der Waals surface area (Å²) in [5.74, 6) is 1.34. The molecule has 0 N–H and O–H groups in total. The Labute approximate surface area is 153 Å². The molecule has 1 aromatic carbocycles. The fourth-order valence-corrected chi connectivity index (χ4v) is 3.75. The van der Waals surface area contributed by atoms with Crippen molar-refractivity contribution >= 4 is 0 Å². The number of nitrogens with zero attached hydrogens (tertiary/aromatic N) is 3. The van der Waals surface area contributed by atoms with Crippen molar-refractivity contribution < 1.29 is 18.4 Å². The van der Waals surface area contributed by atoms with Gasteiger partial charge in [0.1, 0.15) is 11.6 Å². The molecule has 0 saturated carbocycles. The summed E-state index contributed by atoms with van der Waals surface area (Å²) >= 11 is 0. The van der Waals surface area contributed by atoms with E-state index in [1.165, 1.54) is 12.1 Å². The van der Waals surface area contributed by atoms with Gasteiger partial charge in [-0.05, 0) is 50.1 Å². The second-order valence-corrected chi connectivity index (χ2v) is 6.78. The van der Waals surface area contributed by atoms with Crippen molar-refractivity contribution in [1.82, 2.24) is 15.0 Å². The molecule has 2 aromatic rings. The van der Waals surface area contributed by atoms with E-state index in [1.807, 2.05) is 0 Å². The van der Waals surface area contributed by atoms with Gasteiger partial charge < -0.3 is 14.0 Å². The second kappa shape index (κ2) is 8.60. The van der Waals surface area contributed by atoms with E-state index in [-0.39, 0.29) is 18.0 Å². The van der Waals surface area contributed by atoms with Crippen LogP contribution in [0.5, 0.6) is 5.75 Å². The Bertz CT molecular complexity index is 684. The highest BCUT2D eigenvalue weighted by Gasteiger charge is 2.40. The highest BCUT2D eigenvalue weighted by Crippen LogP contribution is 2.35. The van der Waals surface area contributed by atoms with E-state index in [0.29, 0.717) is 24.0 Å². The van der Waals surface area contributed by atoms with E-state index < -0.39 is 0 Å². The molecule has 1 aromatic heterocycles. The van der Waals surface area contributed by atoms with Crippen LogP contribution in [0.3, 0.4) is 0 Å². The minimum atomic E-state index is -0.295. The van der Waals surface area contributed by atoms with Gasteiger partial charge in [-0.3, -0.25) is 4.90 Å². The molecule has 0 aliphatic carbocycles. The number of rotatable bonds is 9. The van der Waals surface area contributed by atoms with Crippen LogP contribution in [0, 0.1) is 5.82 Å². The number of methoxy groups -OCH3 is 1. The molecule has 1 atom stereocenters. The quantitative estimate of drug-likeness (QED) is 0.679. The Kier molecular flexibility index (Phi) is 6.21. The van der Waals surface area contributed by atoms with E-state index in [0.717, 1.165) is 38.8 Å². The van der Waals surface area contributed by atoms with Crippen LogP contribution in [-0.2, 0) is 17.9 Å². The van der Waals surface area contributed by atoms with E-state index >= 15 is 0 Å². The number of hydrogen-bond donors (Lipinski definition) is 0. The van der Waals surface area contributed by atoms with E-state index in [2.05, 4.69) is 22.0 Å². The van der Waals surface area contributed by atoms with Gasteiger partial charge in [0, 0.05) is 12.6 Å². The molecule has 0 spiro atoms. The van der Waals surface area contributed by atoms with Crippen molar-refractivity contribution in [3.05, 3.63) is 41.8 Å². The maximum absolute atomic E-state index is 12.9. The van der Waals surface area contributed by atoms with Crippen molar-refractivity contribution in [3.63, 3.8) is 0 Å². The predicted molar refractivity (Wildman–Crippen MR) is 94.2 cm³/mol. The van der Waals surface area contributed by atoms with Gasteiger partial charge in [-0.25, -0.2) is 4.39 Å². The Morgan fingerprint density at radius 3 is 2.85 bits per heavy atom. The lowest BCUT2D eigenvalue weighted by Crippen LogP contribution is -2.47. The first-order chi connectivity index (χ1) is 12.6. The standard InChI is InChI=1S/C19H26FN3O3/c1-3-9-19(14-24-2)10-4-11-23(19)12-18-21-17(22-26-18)13-25-16-7-5-15(20)6-8-16/h5-8H,3-4,9-14H2,1-2H3. The monoisotopic (exact) mass is 363 g/mol. The van der Waals surface area contributed by atoms with Crippen molar-refractivity contribution in [2.24, 2.45) is 0 Å². The summed E-state index contributed by atoms with van der Waals surface area (Å²) in [7, 11) is 1.76. The topological polar surface area (TPSA) is 60.6 Å². The number of benzene rings is 1. The number of aromatic nitrogens is 2. The van der Waals surface area contributed by atoms with Crippen molar-refractivity contribution in [3.8, 4) is 5.75 Å². The second-order valence-electron chi connectivity index (χ2n) is 6.78. The van der Waals surface area contributed by atoms with Gasteiger partial charge in [-0.15, -0.1) is 0 Å². The smallest absolute Gasteiger partial charge is 0.240 e. The van der Waals surface area contributed by atoms with Gasteiger partial charge in [-0.2, -0.15) is 4.98 Å². The summed E-state index contributed by atoms with van der Waals surface area (Å²) in [5.41, 5.74) is 0.0583. The minimum absolute atomic E-state index is 0.0583. The molecule has 0 bridgehead atoms. The summed E-state index contributed by atoms with van der Waals surface area (Å²) < 4.78 is 29.4. The Morgan fingerprint density at radius 1 is 1.31 bits per heavy atom. The van der Waals surface area contributed by atoms with Crippen LogP contribution < -0.4 is 4.74 Å². The maximum Gasteiger partial charge on any atom is 0.240 e. The average molecular weight is 363 g/mol. The Hall–Kier alpha value is -1.99. The molecule has 1 saturated heterocycles. The normalized spacial score (nSPS) is 20.6. The maximum atomic E-state index is 12.9. The van der Waals surface area contributed by atoms with Crippen LogP contribution >= 0.6 is 0 Å². The van der Waals surface area contributed by atoms with Crippen molar-refractivity contribution in [2.75, 3.05) is 20.3 Å². The van der Waals surface area contributed by atoms with Crippen LogP contribution in [0.1, 0.15) is 44.3 Å². The van der Waals surface area contributed by atoms with E-state index in [9.17, 15) is 4.39 Å². The lowest BCUT2D eigenvalue weighted by atomic mass is 9.91. The summed E-state index contributed by atoms with van der Waals surface area (Å²) in [4.78, 5) is 6.83. The van der Waals surface area contributed by atoms with Crippen LogP contribution in [-0.4, -0.2) is 40.8 Å². The summed E-state index contributed by atoms with van der Waals surface area (Å²) in [6, 6.07) is 5.86. The van der Waals surface area contributed by atoms with Crippen molar-refractivity contribution in [1.29, 1.82) is 0 Å². The zero-order valence-electron chi connectivity index (χ0n) is 15.4. The van der Waals surface area contributed by atoms with Gasteiger partial charge in [0.25, 0.3) is 0 Å². The van der Waals surface area contributed by atoms with E-state index in [4.69, 9.17) is 14.0 Å². The predicted octanol–water partition coefficient (Wildman–Crippen LogP) is 3.57. The highest BCUT2D eigenvalue weighted by molar-refractivity contribution is 5.22. The Morgan fingerprint density at radius 2 is 2.12 bits per heavy atom. The first-order valence-corrected chi connectivity index (χ1v) is 9.09. The molecule has 3 rings (SSSR count). The molecular weight excluding hydrogens is 337 g/mol. The first kappa shape index (κ1) is 18.8. The fraction of sp³-hybridized carbons (Fsp3) is 0.579. The molecule has 1 unspecified atom stereocenters. The van der Waals surface area contributed by atoms with Gasteiger partial charge in [0.05, 0.1) is 13.2 Å². The lowest BCUT2D eigenvalue weighted by Gasteiger charge is -2.37. The molecule has 0 radical (unpaired) electrons. The number of ether oxygens (including phenoxy) is 2. The van der Waals surface area contributed by atoms with Gasteiger partial charge in [-0.1, -0.05) is 18.5 Å². The van der Waals surface area contributed by atoms with Gasteiger partial charge in [0.15, 0.2) is 6.61 Å². The van der Waals surface area contributed by atoms with Crippen LogP contribution in [0.25, 0.3) is 0 Å². The lowest BCUT2D eigenvalue weighted by molar-refractivity contribution is 0.0212. The zero-order valence-corrected chi connectivity index (χ0v) is 15.4. The SMILES string of the molecule is CCCC1(COC)CCCN1Cc1nc(COc2ccc(F)cc2)no1. The number of halogens is 1. The van der Waals surface area contributed by atoms with Crippen molar-refractivity contribution in [2.45, 2.75) is 51.3 Å². The van der Waals surface area contributed by atoms with Gasteiger partial charge in [0.2, 0.25) is 11.7 Å². The molecule has 1 aliphatic heterocycles. The molecule has 142 valence electrons. The molecule has 2 heterocycles. The average Bonchev–Trinajstić information content (AvgIpc) is 3.23. The molecule has 26 heavy (non-hydrogen) atoms. The zero-order chi connectivity index (χ0) is 18.4. The fourth-order valence-electron chi connectivity index (χ4n) is 3.75. The molecule has 0 amide bonds. The molecule has 7 heteroatoms. The highest BCUT2D eigenvalue weighted by atomic mass is 19.1. The Balaban J connectivity index is 1.59. The van der Waals surface area contributed by atoms with E-state index in [1.54, 1.807) is 19.2 Å². The third-order valence-corrected chi connectivity index (χ3v) is 4.89. The molecular formula is C19H26FN3O3. The van der Waals surface area contributed by atoms with Crippen LogP contribution in [0.4, 0.5) is 4.39 Å². The molecule has 1 fully saturated rings. The largest absolute Gasteiger partial charge is 0.485 e. The minimum Gasteiger partial charge on any atom is -0.485 e. The van der Waals surface area contributed by atoms with Crippen LogP contribution in [0.15, 0.2) is 28.8 Å². The van der Waals surface area contributed by atoms with Crippen LogP contribution in [0.2, 0.25) is 0 Å². The molecule has 6 nitrogen and oxygen atoms in total. The number of hydrogen-bond acceptors (Lipinski definition) is 6. The third kappa shape index (κ3) is 4.40. The summed E-state index contributed by atoms with van der Waals surface area (Å²) in [6.45, 7) is 4.73. The summed E-state index contributed by atoms with van der Waals surface area (Å²) in [5, 5.41) is 3.99. The first-order valence-electron chi connectivity index (χ1n) is 9.09.